The van der Waals surface area contributed by atoms with Crippen molar-refractivity contribution < 1.29 is 9.53 Å². The first-order chi connectivity index (χ1) is 7.87. The first-order valence-electron chi connectivity index (χ1n) is 5.68. The summed E-state index contributed by atoms with van der Waals surface area (Å²) in [4.78, 5) is 12.0. The van der Waals surface area contributed by atoms with Gasteiger partial charge < -0.3 is 4.74 Å². The Balaban J connectivity index is 2.42. The third kappa shape index (κ3) is 2.49. The molecular weight excluding hydrogens is 214 g/mol. The molecule has 90 valence electrons. The van der Waals surface area contributed by atoms with Crippen molar-refractivity contribution in [3.63, 3.8) is 0 Å². The Morgan fingerprint density at radius 3 is 2.59 bits per heavy atom. The Bertz CT molecular complexity index is 561. The van der Waals surface area contributed by atoms with Gasteiger partial charge in [0, 0.05) is 11.6 Å². The van der Waals surface area contributed by atoms with E-state index in [-0.39, 0.29) is 6.09 Å². The van der Waals surface area contributed by atoms with E-state index in [1.807, 2.05) is 52.0 Å². The lowest BCUT2D eigenvalue weighted by molar-refractivity contribution is 0.0544. The minimum absolute atomic E-state index is 0.335. The summed E-state index contributed by atoms with van der Waals surface area (Å²) in [6.07, 6.45) is 1.41. The molecule has 0 saturated heterocycles. The number of carbonyl (C=O) groups is 1. The van der Waals surface area contributed by atoms with Crippen molar-refractivity contribution in [2.45, 2.75) is 33.3 Å². The number of hydrogen-bond donors (Lipinski definition) is 0. The fourth-order valence-electron chi connectivity index (χ4n) is 1.71. The third-order valence-electron chi connectivity index (χ3n) is 2.44. The van der Waals surface area contributed by atoms with Crippen LogP contribution < -0.4 is 0 Å². The van der Waals surface area contributed by atoms with Crippen LogP contribution in [0.5, 0.6) is 0 Å². The summed E-state index contributed by atoms with van der Waals surface area (Å²) < 4.78 is 6.90. The molecule has 0 aliphatic heterocycles. The summed E-state index contributed by atoms with van der Waals surface area (Å²) in [5.41, 5.74) is 1.54. The van der Waals surface area contributed by atoms with Crippen LogP contribution in [0, 0.1) is 6.92 Å². The van der Waals surface area contributed by atoms with E-state index >= 15 is 0 Å². The molecule has 17 heavy (non-hydrogen) atoms. The predicted octanol–water partition coefficient (Wildman–Crippen LogP) is 3.73. The largest absolute Gasteiger partial charge is 0.443 e. The molecule has 0 aliphatic rings. The molecule has 0 aliphatic carbocycles. The van der Waals surface area contributed by atoms with Crippen LogP contribution in [0.2, 0.25) is 0 Å². The molecule has 2 rings (SSSR count). The smallest absolute Gasteiger partial charge is 0.418 e. The van der Waals surface area contributed by atoms with Gasteiger partial charge in [-0.2, -0.15) is 0 Å². The molecular formula is C14H17NO2. The maximum Gasteiger partial charge on any atom is 0.418 e. The highest BCUT2D eigenvalue weighted by atomic mass is 16.6. The van der Waals surface area contributed by atoms with Gasteiger partial charge in [0.1, 0.15) is 5.60 Å². The Labute approximate surface area is 101 Å². The van der Waals surface area contributed by atoms with Crippen molar-refractivity contribution in [1.82, 2.24) is 4.57 Å². The topological polar surface area (TPSA) is 31.2 Å². The second-order valence-corrected chi connectivity index (χ2v) is 5.23. The summed E-state index contributed by atoms with van der Waals surface area (Å²) in [6, 6.07) is 7.94. The number of hydrogen-bond acceptors (Lipinski definition) is 2. The molecule has 1 heterocycles. The summed E-state index contributed by atoms with van der Waals surface area (Å²) >= 11 is 0. The molecule has 0 fully saturated rings. The molecule has 3 nitrogen and oxygen atoms in total. The third-order valence-corrected chi connectivity index (χ3v) is 2.44. The number of ether oxygens (including phenoxy) is 1. The van der Waals surface area contributed by atoms with E-state index in [0.29, 0.717) is 0 Å². The van der Waals surface area contributed by atoms with Gasteiger partial charge in [0.05, 0.1) is 5.52 Å². The fraction of sp³-hybridized carbons (Fsp3) is 0.357. The number of rotatable bonds is 0. The van der Waals surface area contributed by atoms with Crippen molar-refractivity contribution >= 4 is 17.0 Å². The SMILES string of the molecule is Cc1ccc2ccn(C(=O)OC(C)(C)C)c2c1. The lowest BCUT2D eigenvalue weighted by atomic mass is 10.2. The van der Waals surface area contributed by atoms with Gasteiger partial charge in [-0.25, -0.2) is 4.79 Å². The summed E-state index contributed by atoms with van der Waals surface area (Å²) in [5.74, 6) is 0. The lowest BCUT2D eigenvalue weighted by Crippen LogP contribution is -2.26. The summed E-state index contributed by atoms with van der Waals surface area (Å²) in [7, 11) is 0. The summed E-state index contributed by atoms with van der Waals surface area (Å²) in [5, 5.41) is 1.04. The minimum Gasteiger partial charge on any atom is -0.443 e. The zero-order valence-corrected chi connectivity index (χ0v) is 10.7. The molecule has 0 spiro atoms. The molecule has 0 unspecified atom stereocenters. The van der Waals surface area contributed by atoms with E-state index in [2.05, 4.69) is 0 Å². The maximum atomic E-state index is 12.0. The number of fused-ring (bicyclic) bond motifs is 1. The monoisotopic (exact) mass is 231 g/mol. The van der Waals surface area contributed by atoms with Gasteiger partial charge in [0.15, 0.2) is 0 Å². The van der Waals surface area contributed by atoms with E-state index in [1.165, 1.54) is 0 Å². The zero-order valence-electron chi connectivity index (χ0n) is 10.7. The average Bonchev–Trinajstić information content (AvgIpc) is 2.57. The van der Waals surface area contributed by atoms with Crippen molar-refractivity contribution in [2.24, 2.45) is 0 Å². The predicted molar refractivity (Wildman–Crippen MR) is 68.3 cm³/mol. The standard InChI is InChI=1S/C14H17NO2/c1-10-5-6-11-7-8-15(12(11)9-10)13(16)17-14(2,3)4/h5-9H,1-4H3. The van der Waals surface area contributed by atoms with E-state index < -0.39 is 5.60 Å². The number of carbonyl (C=O) groups excluding carboxylic acids is 1. The number of aromatic nitrogens is 1. The first-order valence-corrected chi connectivity index (χ1v) is 5.68. The van der Waals surface area contributed by atoms with Crippen LogP contribution in [0.1, 0.15) is 26.3 Å². The van der Waals surface area contributed by atoms with Gasteiger partial charge in [-0.1, -0.05) is 12.1 Å². The molecule has 1 aromatic carbocycles. The Kier molecular flexibility index (Phi) is 2.69. The molecule has 0 bridgehead atoms. The first kappa shape index (κ1) is 11.7. The van der Waals surface area contributed by atoms with Gasteiger partial charge in [-0.05, 0) is 45.4 Å². The van der Waals surface area contributed by atoms with Gasteiger partial charge >= 0.3 is 6.09 Å². The van der Waals surface area contributed by atoms with Crippen molar-refractivity contribution in [2.75, 3.05) is 0 Å². The average molecular weight is 231 g/mol. The number of aryl methyl sites for hydroxylation is 1. The highest BCUT2D eigenvalue weighted by Gasteiger charge is 2.18. The van der Waals surface area contributed by atoms with Crippen LogP contribution in [-0.4, -0.2) is 16.3 Å². The Morgan fingerprint density at radius 1 is 1.24 bits per heavy atom. The van der Waals surface area contributed by atoms with Crippen molar-refractivity contribution in [3.05, 3.63) is 36.0 Å². The lowest BCUT2D eigenvalue weighted by Gasteiger charge is -2.19. The van der Waals surface area contributed by atoms with Gasteiger partial charge in [-0.15, -0.1) is 0 Å². The highest BCUT2D eigenvalue weighted by Crippen LogP contribution is 2.19. The van der Waals surface area contributed by atoms with Crippen LogP contribution >= 0.6 is 0 Å². The van der Waals surface area contributed by atoms with Crippen LogP contribution in [0.4, 0.5) is 4.79 Å². The van der Waals surface area contributed by atoms with Crippen LogP contribution in [0.3, 0.4) is 0 Å². The molecule has 0 radical (unpaired) electrons. The van der Waals surface area contributed by atoms with Crippen molar-refractivity contribution in [1.29, 1.82) is 0 Å². The maximum absolute atomic E-state index is 12.0. The van der Waals surface area contributed by atoms with Crippen molar-refractivity contribution in [3.8, 4) is 0 Å². The molecule has 3 heteroatoms. The molecule has 2 aromatic rings. The number of benzene rings is 1. The van der Waals surface area contributed by atoms with E-state index in [9.17, 15) is 4.79 Å². The van der Waals surface area contributed by atoms with Gasteiger partial charge in [-0.3, -0.25) is 4.57 Å². The zero-order chi connectivity index (χ0) is 12.6. The molecule has 0 N–H and O–H groups in total. The van der Waals surface area contributed by atoms with E-state index in [0.717, 1.165) is 16.5 Å². The van der Waals surface area contributed by atoms with Crippen LogP contribution in [0.15, 0.2) is 30.5 Å². The molecule has 1 aromatic heterocycles. The molecule has 0 saturated carbocycles. The van der Waals surface area contributed by atoms with Gasteiger partial charge in [0.2, 0.25) is 0 Å². The minimum atomic E-state index is -0.475. The second-order valence-electron chi connectivity index (χ2n) is 5.23. The molecule has 0 atom stereocenters. The fourth-order valence-corrected chi connectivity index (χ4v) is 1.71. The number of nitrogens with zero attached hydrogens (tertiary/aromatic N) is 1. The second kappa shape index (κ2) is 3.91. The van der Waals surface area contributed by atoms with Gasteiger partial charge in [0.25, 0.3) is 0 Å². The quantitative estimate of drug-likeness (QED) is 0.691. The van der Waals surface area contributed by atoms with E-state index in [4.69, 9.17) is 4.74 Å². The normalized spacial score (nSPS) is 11.8. The van der Waals surface area contributed by atoms with Crippen LogP contribution in [-0.2, 0) is 4.74 Å². The highest BCUT2D eigenvalue weighted by molar-refractivity contribution is 5.89. The Hall–Kier alpha value is -1.77. The summed E-state index contributed by atoms with van der Waals surface area (Å²) in [6.45, 7) is 7.59. The van der Waals surface area contributed by atoms with Crippen LogP contribution in [0.25, 0.3) is 10.9 Å². The van der Waals surface area contributed by atoms with E-state index in [1.54, 1.807) is 10.8 Å². The molecule has 0 amide bonds. The Morgan fingerprint density at radius 2 is 1.94 bits per heavy atom.